The molecule has 0 saturated carbocycles. The van der Waals surface area contributed by atoms with Crippen molar-refractivity contribution in [3.05, 3.63) is 54.1 Å². The third-order valence-corrected chi connectivity index (χ3v) is 5.53. The number of aliphatic imine (C=N–C) groups is 1. The van der Waals surface area contributed by atoms with E-state index in [9.17, 15) is 4.79 Å². The standard InChI is InChI=1S/C23H27N3O2/c1-3-28-19-12-10-18(11-13-19)24-22-20-8-4-5-9-21(20)26(23(22)27)16-25-14-6-7-17(2)15-25/h4-5,8-13,17H,3,6-7,14-16H2,1-2H3/p+1/t17-/m0/s1. The largest absolute Gasteiger partial charge is 0.494 e. The molecule has 1 amide bonds. The molecule has 1 N–H and O–H groups in total. The van der Waals surface area contributed by atoms with Gasteiger partial charge in [0.05, 0.1) is 31.1 Å². The van der Waals surface area contributed by atoms with Crippen LogP contribution in [0.3, 0.4) is 0 Å². The Labute approximate surface area is 166 Å². The van der Waals surface area contributed by atoms with Crippen LogP contribution >= 0.6 is 0 Å². The molecule has 28 heavy (non-hydrogen) atoms. The molecule has 1 fully saturated rings. The number of piperidine rings is 1. The minimum Gasteiger partial charge on any atom is -0.494 e. The van der Waals surface area contributed by atoms with Gasteiger partial charge in [-0.2, -0.15) is 0 Å². The fourth-order valence-electron chi connectivity index (χ4n) is 4.20. The van der Waals surface area contributed by atoms with E-state index in [1.165, 1.54) is 17.7 Å². The molecule has 1 unspecified atom stereocenters. The van der Waals surface area contributed by atoms with E-state index in [0.29, 0.717) is 24.9 Å². The second kappa shape index (κ2) is 8.15. The molecular formula is C23H28N3O2+. The number of rotatable bonds is 5. The van der Waals surface area contributed by atoms with E-state index >= 15 is 0 Å². The van der Waals surface area contributed by atoms with Crippen LogP contribution in [0, 0.1) is 5.92 Å². The van der Waals surface area contributed by atoms with Crippen LogP contribution in [0.5, 0.6) is 5.75 Å². The van der Waals surface area contributed by atoms with Crippen LogP contribution in [0.1, 0.15) is 32.3 Å². The van der Waals surface area contributed by atoms with E-state index in [2.05, 4.69) is 6.92 Å². The molecule has 5 nitrogen and oxygen atoms in total. The Bertz CT molecular complexity index is 876. The lowest BCUT2D eigenvalue weighted by molar-refractivity contribution is -0.907. The number of anilines is 1. The molecule has 2 aromatic carbocycles. The summed E-state index contributed by atoms with van der Waals surface area (Å²) in [5, 5.41) is 0. The van der Waals surface area contributed by atoms with E-state index < -0.39 is 0 Å². The highest BCUT2D eigenvalue weighted by Gasteiger charge is 2.36. The topological polar surface area (TPSA) is 46.3 Å². The zero-order valence-electron chi connectivity index (χ0n) is 16.6. The van der Waals surface area contributed by atoms with Gasteiger partial charge in [-0.05, 0) is 50.1 Å². The first kappa shape index (κ1) is 18.7. The monoisotopic (exact) mass is 378 g/mol. The van der Waals surface area contributed by atoms with Gasteiger partial charge in [-0.15, -0.1) is 0 Å². The third kappa shape index (κ3) is 3.80. The quantitative estimate of drug-likeness (QED) is 0.870. The fourth-order valence-corrected chi connectivity index (χ4v) is 4.20. The van der Waals surface area contributed by atoms with Crippen molar-refractivity contribution in [1.29, 1.82) is 0 Å². The number of nitrogens with one attached hydrogen (secondary N) is 1. The highest BCUT2D eigenvalue weighted by molar-refractivity contribution is 6.54. The second-order valence-corrected chi connectivity index (χ2v) is 7.75. The number of likely N-dealkylation sites (tertiary alicyclic amines) is 1. The number of hydrogen-bond donors (Lipinski definition) is 1. The summed E-state index contributed by atoms with van der Waals surface area (Å²) >= 11 is 0. The van der Waals surface area contributed by atoms with Crippen molar-refractivity contribution in [2.75, 3.05) is 31.3 Å². The first-order valence-corrected chi connectivity index (χ1v) is 10.2. The lowest BCUT2D eigenvalue weighted by Crippen LogP contribution is -3.15. The van der Waals surface area contributed by atoms with E-state index in [0.717, 1.165) is 35.8 Å². The van der Waals surface area contributed by atoms with Gasteiger partial charge in [0.2, 0.25) is 0 Å². The number of amides is 1. The average molecular weight is 378 g/mol. The minimum atomic E-state index is 0.000751. The van der Waals surface area contributed by atoms with Crippen molar-refractivity contribution in [2.24, 2.45) is 10.9 Å². The first-order chi connectivity index (χ1) is 13.7. The summed E-state index contributed by atoms with van der Waals surface area (Å²) < 4.78 is 5.49. The number of nitrogens with zero attached hydrogens (tertiary/aromatic N) is 2. The van der Waals surface area contributed by atoms with Crippen molar-refractivity contribution < 1.29 is 14.4 Å². The molecule has 0 spiro atoms. The summed E-state index contributed by atoms with van der Waals surface area (Å²) in [4.78, 5) is 21.3. The summed E-state index contributed by atoms with van der Waals surface area (Å²) in [5.41, 5.74) is 3.19. The Kier molecular flexibility index (Phi) is 5.44. The molecule has 5 heteroatoms. The second-order valence-electron chi connectivity index (χ2n) is 7.75. The number of carbonyl (C=O) groups excluding carboxylic acids is 1. The summed E-state index contributed by atoms with van der Waals surface area (Å²) in [6.07, 6.45) is 2.52. The van der Waals surface area contributed by atoms with Crippen molar-refractivity contribution in [3.63, 3.8) is 0 Å². The Balaban J connectivity index is 1.61. The summed E-state index contributed by atoms with van der Waals surface area (Å²) in [6.45, 7) is 7.85. The van der Waals surface area contributed by atoms with Crippen molar-refractivity contribution in [2.45, 2.75) is 26.7 Å². The molecule has 2 atom stereocenters. The lowest BCUT2D eigenvalue weighted by atomic mass is 10.0. The summed E-state index contributed by atoms with van der Waals surface area (Å²) in [7, 11) is 0. The number of fused-ring (bicyclic) bond motifs is 1. The van der Waals surface area contributed by atoms with Crippen molar-refractivity contribution in [3.8, 4) is 5.75 Å². The highest BCUT2D eigenvalue weighted by atomic mass is 16.5. The maximum Gasteiger partial charge on any atom is 0.281 e. The van der Waals surface area contributed by atoms with Gasteiger partial charge in [0, 0.05) is 11.5 Å². The van der Waals surface area contributed by atoms with Gasteiger partial charge < -0.3 is 9.64 Å². The molecule has 146 valence electrons. The van der Waals surface area contributed by atoms with E-state index in [1.807, 2.05) is 60.4 Å². The average Bonchev–Trinajstić information content (AvgIpc) is 2.96. The zero-order valence-corrected chi connectivity index (χ0v) is 16.6. The summed E-state index contributed by atoms with van der Waals surface area (Å²) in [6, 6.07) is 15.6. The van der Waals surface area contributed by atoms with E-state index in [4.69, 9.17) is 9.73 Å². The number of benzene rings is 2. The Hall–Kier alpha value is -2.66. The molecule has 2 aromatic rings. The van der Waals surface area contributed by atoms with Crippen molar-refractivity contribution >= 4 is 23.0 Å². The molecular weight excluding hydrogens is 350 g/mol. The number of quaternary nitrogens is 1. The number of hydrogen-bond acceptors (Lipinski definition) is 3. The van der Waals surface area contributed by atoms with E-state index in [-0.39, 0.29) is 5.91 Å². The molecule has 2 aliphatic heterocycles. The maximum atomic E-state index is 13.2. The van der Waals surface area contributed by atoms with E-state index in [1.54, 1.807) is 0 Å². The van der Waals surface area contributed by atoms with Gasteiger partial charge in [0.15, 0.2) is 6.67 Å². The molecule has 2 heterocycles. The molecule has 4 rings (SSSR count). The fraction of sp³-hybridized carbons (Fsp3) is 0.391. The zero-order chi connectivity index (χ0) is 19.5. The predicted octanol–water partition coefficient (Wildman–Crippen LogP) is 2.83. The third-order valence-electron chi connectivity index (χ3n) is 5.53. The van der Waals surface area contributed by atoms with Crippen LogP contribution in [0.2, 0.25) is 0 Å². The Morgan fingerprint density at radius 3 is 2.71 bits per heavy atom. The van der Waals surface area contributed by atoms with Crippen molar-refractivity contribution in [1.82, 2.24) is 0 Å². The van der Waals surface area contributed by atoms with Crippen LogP contribution < -0.4 is 14.5 Å². The minimum absolute atomic E-state index is 0.000751. The number of carbonyl (C=O) groups is 1. The van der Waals surface area contributed by atoms with Gasteiger partial charge in [-0.1, -0.05) is 25.1 Å². The Morgan fingerprint density at radius 2 is 1.96 bits per heavy atom. The SMILES string of the molecule is CCOc1ccc(N=C2C(=O)N(C[NH+]3CCC[C@H](C)C3)c3ccccc32)cc1. The summed E-state index contributed by atoms with van der Waals surface area (Å²) in [5.74, 6) is 1.53. The molecule has 1 saturated heterocycles. The first-order valence-electron chi connectivity index (χ1n) is 10.2. The van der Waals surface area contributed by atoms with Crippen LogP contribution in [0.15, 0.2) is 53.5 Å². The number of ether oxygens (including phenoxy) is 1. The van der Waals surface area contributed by atoms with Crippen LogP contribution in [0.4, 0.5) is 11.4 Å². The van der Waals surface area contributed by atoms with Gasteiger partial charge >= 0.3 is 0 Å². The molecule has 0 radical (unpaired) electrons. The molecule has 0 bridgehead atoms. The van der Waals surface area contributed by atoms with Gasteiger partial charge in [-0.25, -0.2) is 4.99 Å². The predicted molar refractivity (Wildman–Crippen MR) is 112 cm³/mol. The molecule has 2 aliphatic rings. The highest BCUT2D eigenvalue weighted by Crippen LogP contribution is 2.30. The maximum absolute atomic E-state index is 13.2. The number of para-hydroxylation sites is 1. The van der Waals surface area contributed by atoms with Crippen LogP contribution in [-0.2, 0) is 4.79 Å². The van der Waals surface area contributed by atoms with Crippen LogP contribution in [-0.4, -0.2) is 38.0 Å². The lowest BCUT2D eigenvalue weighted by Gasteiger charge is -2.31. The Morgan fingerprint density at radius 1 is 1.18 bits per heavy atom. The van der Waals surface area contributed by atoms with Gasteiger partial charge in [0.1, 0.15) is 11.5 Å². The smallest absolute Gasteiger partial charge is 0.281 e. The van der Waals surface area contributed by atoms with Crippen LogP contribution in [0.25, 0.3) is 0 Å². The normalized spacial score (nSPS) is 23.1. The van der Waals surface area contributed by atoms with Gasteiger partial charge in [-0.3, -0.25) is 9.69 Å². The molecule has 0 aliphatic carbocycles. The van der Waals surface area contributed by atoms with Gasteiger partial charge in [0.25, 0.3) is 5.91 Å². The molecule has 0 aromatic heterocycles.